The summed E-state index contributed by atoms with van der Waals surface area (Å²) < 4.78 is 5.33. The third kappa shape index (κ3) is 2.38. The van der Waals surface area contributed by atoms with Crippen LogP contribution in [0.1, 0.15) is 20.3 Å². The first kappa shape index (κ1) is 11.9. The van der Waals surface area contributed by atoms with Crippen molar-refractivity contribution in [1.82, 2.24) is 9.80 Å². The zero-order valence-electron chi connectivity index (χ0n) is 10.3. The molecule has 0 radical (unpaired) electrons. The third-order valence-corrected chi connectivity index (χ3v) is 3.77. The van der Waals surface area contributed by atoms with Crippen molar-refractivity contribution in [2.45, 2.75) is 26.3 Å². The van der Waals surface area contributed by atoms with E-state index in [4.69, 9.17) is 4.74 Å². The van der Waals surface area contributed by atoms with Crippen LogP contribution in [0.5, 0.6) is 0 Å². The van der Waals surface area contributed by atoms with Gasteiger partial charge in [-0.15, -0.1) is 0 Å². The lowest BCUT2D eigenvalue weighted by Gasteiger charge is -2.47. The number of morpholine rings is 1. The van der Waals surface area contributed by atoms with E-state index in [1.807, 2.05) is 11.8 Å². The molecule has 2 aliphatic heterocycles. The van der Waals surface area contributed by atoms with Gasteiger partial charge in [-0.3, -0.25) is 9.69 Å². The second-order valence-electron chi connectivity index (χ2n) is 4.85. The van der Waals surface area contributed by atoms with Crippen molar-refractivity contribution >= 4 is 5.91 Å². The molecule has 0 bridgehead atoms. The summed E-state index contributed by atoms with van der Waals surface area (Å²) in [7, 11) is 0. The molecule has 0 aromatic rings. The summed E-state index contributed by atoms with van der Waals surface area (Å²) in [5, 5.41) is 0. The predicted molar refractivity (Wildman–Crippen MR) is 62.2 cm³/mol. The van der Waals surface area contributed by atoms with Gasteiger partial charge in [0.2, 0.25) is 5.91 Å². The maximum absolute atomic E-state index is 11.9. The largest absolute Gasteiger partial charge is 0.379 e. The summed E-state index contributed by atoms with van der Waals surface area (Å²) in [5.41, 5.74) is 0. The molecule has 0 aromatic heterocycles. The van der Waals surface area contributed by atoms with Gasteiger partial charge in [-0.25, -0.2) is 0 Å². The van der Waals surface area contributed by atoms with Crippen LogP contribution >= 0.6 is 0 Å². The molecule has 16 heavy (non-hydrogen) atoms. The van der Waals surface area contributed by atoms with E-state index in [1.54, 1.807) is 0 Å². The highest BCUT2D eigenvalue weighted by molar-refractivity contribution is 5.79. The standard InChI is InChI=1S/C12H22N2O2/c1-3-10(2)12(15)14-8-11(9-14)13-4-6-16-7-5-13/h10-11H,3-9H2,1-2H3. The lowest BCUT2D eigenvalue weighted by Crippen LogP contribution is -2.63. The van der Waals surface area contributed by atoms with Crippen LogP contribution in [-0.4, -0.2) is 61.1 Å². The Morgan fingerprint density at radius 3 is 2.56 bits per heavy atom. The zero-order chi connectivity index (χ0) is 11.5. The number of carbonyl (C=O) groups is 1. The monoisotopic (exact) mass is 226 g/mol. The van der Waals surface area contributed by atoms with Crippen LogP contribution in [0.4, 0.5) is 0 Å². The smallest absolute Gasteiger partial charge is 0.225 e. The first-order chi connectivity index (χ1) is 7.72. The highest BCUT2D eigenvalue weighted by Crippen LogP contribution is 2.19. The number of hydrogen-bond donors (Lipinski definition) is 0. The average molecular weight is 226 g/mol. The SMILES string of the molecule is CCC(C)C(=O)N1CC(N2CCOCC2)C1. The Kier molecular flexibility index (Phi) is 3.82. The molecular weight excluding hydrogens is 204 g/mol. The van der Waals surface area contributed by atoms with E-state index in [0.29, 0.717) is 11.9 Å². The van der Waals surface area contributed by atoms with Crippen LogP contribution in [-0.2, 0) is 9.53 Å². The van der Waals surface area contributed by atoms with Gasteiger partial charge in [-0.05, 0) is 6.42 Å². The van der Waals surface area contributed by atoms with Gasteiger partial charge in [0.15, 0.2) is 0 Å². The van der Waals surface area contributed by atoms with Crippen molar-refractivity contribution in [3.8, 4) is 0 Å². The summed E-state index contributed by atoms with van der Waals surface area (Å²) in [6.45, 7) is 9.66. The topological polar surface area (TPSA) is 32.8 Å². The zero-order valence-corrected chi connectivity index (χ0v) is 10.3. The Bertz CT molecular complexity index is 245. The fourth-order valence-corrected chi connectivity index (χ4v) is 2.30. The Labute approximate surface area is 97.5 Å². The molecule has 1 amide bonds. The lowest BCUT2D eigenvalue weighted by molar-refractivity contribution is -0.144. The molecule has 0 saturated carbocycles. The van der Waals surface area contributed by atoms with E-state index in [9.17, 15) is 4.79 Å². The first-order valence-corrected chi connectivity index (χ1v) is 6.33. The highest BCUT2D eigenvalue weighted by Gasteiger charge is 2.36. The Hall–Kier alpha value is -0.610. The number of nitrogens with zero attached hydrogens (tertiary/aromatic N) is 2. The fourth-order valence-electron chi connectivity index (χ4n) is 2.30. The van der Waals surface area contributed by atoms with E-state index in [1.165, 1.54) is 0 Å². The van der Waals surface area contributed by atoms with Crippen LogP contribution < -0.4 is 0 Å². The lowest BCUT2D eigenvalue weighted by atomic mass is 10.0. The van der Waals surface area contributed by atoms with Gasteiger partial charge < -0.3 is 9.64 Å². The molecule has 1 unspecified atom stereocenters. The molecule has 2 rings (SSSR count). The molecule has 2 fully saturated rings. The minimum atomic E-state index is 0.186. The van der Waals surface area contributed by atoms with Crippen LogP contribution in [0, 0.1) is 5.92 Å². The van der Waals surface area contributed by atoms with Gasteiger partial charge >= 0.3 is 0 Å². The van der Waals surface area contributed by atoms with Gasteiger partial charge in [-0.1, -0.05) is 13.8 Å². The number of ether oxygens (including phenoxy) is 1. The van der Waals surface area contributed by atoms with E-state index in [0.717, 1.165) is 45.8 Å². The van der Waals surface area contributed by atoms with E-state index in [2.05, 4.69) is 11.8 Å². The molecule has 92 valence electrons. The Morgan fingerprint density at radius 1 is 1.38 bits per heavy atom. The Balaban J connectivity index is 1.74. The number of hydrogen-bond acceptors (Lipinski definition) is 3. The number of carbonyl (C=O) groups excluding carboxylic acids is 1. The molecule has 4 heteroatoms. The normalized spacial score (nSPS) is 25.2. The van der Waals surface area contributed by atoms with Crippen LogP contribution in [0.15, 0.2) is 0 Å². The summed E-state index contributed by atoms with van der Waals surface area (Å²) in [5.74, 6) is 0.512. The van der Waals surface area contributed by atoms with E-state index >= 15 is 0 Å². The second kappa shape index (κ2) is 5.15. The van der Waals surface area contributed by atoms with Gasteiger partial charge in [-0.2, -0.15) is 0 Å². The summed E-state index contributed by atoms with van der Waals surface area (Å²) in [6.07, 6.45) is 0.942. The maximum Gasteiger partial charge on any atom is 0.225 e. The minimum absolute atomic E-state index is 0.186. The highest BCUT2D eigenvalue weighted by atomic mass is 16.5. The van der Waals surface area contributed by atoms with Crippen LogP contribution in [0.25, 0.3) is 0 Å². The molecule has 0 spiro atoms. The molecule has 0 aromatic carbocycles. The van der Waals surface area contributed by atoms with E-state index < -0.39 is 0 Å². The van der Waals surface area contributed by atoms with Crippen molar-refractivity contribution in [2.24, 2.45) is 5.92 Å². The molecule has 2 aliphatic rings. The van der Waals surface area contributed by atoms with Crippen molar-refractivity contribution < 1.29 is 9.53 Å². The fraction of sp³-hybridized carbons (Fsp3) is 0.917. The van der Waals surface area contributed by atoms with Crippen molar-refractivity contribution in [2.75, 3.05) is 39.4 Å². The van der Waals surface area contributed by atoms with Gasteiger partial charge in [0.1, 0.15) is 0 Å². The number of likely N-dealkylation sites (tertiary alicyclic amines) is 1. The van der Waals surface area contributed by atoms with Crippen molar-refractivity contribution in [1.29, 1.82) is 0 Å². The first-order valence-electron chi connectivity index (χ1n) is 6.33. The molecular formula is C12H22N2O2. The minimum Gasteiger partial charge on any atom is -0.379 e. The van der Waals surface area contributed by atoms with Crippen molar-refractivity contribution in [3.05, 3.63) is 0 Å². The van der Waals surface area contributed by atoms with E-state index in [-0.39, 0.29) is 5.92 Å². The van der Waals surface area contributed by atoms with Crippen LogP contribution in [0.2, 0.25) is 0 Å². The Morgan fingerprint density at radius 2 is 2.00 bits per heavy atom. The maximum atomic E-state index is 11.9. The van der Waals surface area contributed by atoms with Crippen LogP contribution in [0.3, 0.4) is 0 Å². The molecule has 0 N–H and O–H groups in total. The van der Waals surface area contributed by atoms with Gasteiger partial charge in [0, 0.05) is 38.1 Å². The van der Waals surface area contributed by atoms with Crippen molar-refractivity contribution in [3.63, 3.8) is 0 Å². The van der Waals surface area contributed by atoms with Gasteiger partial charge in [0.05, 0.1) is 13.2 Å². The molecule has 2 heterocycles. The van der Waals surface area contributed by atoms with Gasteiger partial charge in [0.25, 0.3) is 0 Å². The third-order valence-electron chi connectivity index (χ3n) is 3.77. The molecule has 1 atom stereocenters. The quantitative estimate of drug-likeness (QED) is 0.705. The number of amides is 1. The second-order valence-corrected chi connectivity index (χ2v) is 4.85. The number of rotatable bonds is 3. The summed E-state index contributed by atoms with van der Waals surface area (Å²) in [6, 6.07) is 0.580. The molecule has 0 aliphatic carbocycles. The summed E-state index contributed by atoms with van der Waals surface area (Å²) >= 11 is 0. The molecule has 2 saturated heterocycles. The molecule has 4 nitrogen and oxygen atoms in total. The predicted octanol–water partition coefficient (Wildman–Crippen LogP) is 0.575. The summed E-state index contributed by atoms with van der Waals surface area (Å²) in [4.78, 5) is 16.3. The average Bonchev–Trinajstić information content (AvgIpc) is 2.27.